The van der Waals surface area contributed by atoms with E-state index in [0.717, 1.165) is 37.7 Å². The maximum Gasteiger partial charge on any atom is 0.161 e. The molecular weight excluding hydrogens is 264 g/mol. The van der Waals surface area contributed by atoms with E-state index in [4.69, 9.17) is 9.47 Å². The molecule has 0 radical (unpaired) electrons. The van der Waals surface area contributed by atoms with E-state index in [-0.39, 0.29) is 12.4 Å². The van der Waals surface area contributed by atoms with Crippen molar-refractivity contribution < 1.29 is 9.47 Å². The van der Waals surface area contributed by atoms with Crippen LogP contribution in [-0.4, -0.2) is 43.8 Å². The Balaban J connectivity index is 0.00000133. The average Bonchev–Trinajstić information content (AvgIpc) is 2.39. The highest BCUT2D eigenvalue weighted by Gasteiger charge is 2.17. The molecule has 2 aliphatic heterocycles. The van der Waals surface area contributed by atoms with Crippen molar-refractivity contribution in [3.05, 3.63) is 23.8 Å². The minimum atomic E-state index is 0. The Kier molecular flexibility index (Phi) is 4.91. The number of nitrogens with zero attached hydrogens (tertiary/aromatic N) is 1. The quantitative estimate of drug-likeness (QED) is 0.896. The van der Waals surface area contributed by atoms with Gasteiger partial charge in [0.25, 0.3) is 0 Å². The highest BCUT2D eigenvalue weighted by Crippen LogP contribution is 2.31. The monoisotopic (exact) mass is 284 g/mol. The van der Waals surface area contributed by atoms with Gasteiger partial charge >= 0.3 is 0 Å². The Morgan fingerprint density at radius 1 is 1.26 bits per heavy atom. The topological polar surface area (TPSA) is 33.7 Å². The molecule has 0 amide bonds. The van der Waals surface area contributed by atoms with Crippen molar-refractivity contribution in [1.82, 2.24) is 10.2 Å². The molecule has 0 saturated carbocycles. The van der Waals surface area contributed by atoms with Crippen LogP contribution in [0.3, 0.4) is 0 Å². The van der Waals surface area contributed by atoms with Gasteiger partial charge in [-0.3, -0.25) is 4.90 Å². The number of halogens is 1. The van der Waals surface area contributed by atoms with Crippen LogP contribution < -0.4 is 14.8 Å². The van der Waals surface area contributed by atoms with Gasteiger partial charge in [0.2, 0.25) is 0 Å². The van der Waals surface area contributed by atoms with Crippen molar-refractivity contribution in [1.29, 1.82) is 0 Å². The van der Waals surface area contributed by atoms with Crippen molar-refractivity contribution >= 4 is 12.4 Å². The fourth-order valence-electron chi connectivity index (χ4n) is 2.60. The summed E-state index contributed by atoms with van der Waals surface area (Å²) >= 11 is 0. The standard InChI is InChI=1S/C14H20N2O2.ClH/c1-11-9-16(5-4-15-11)10-12-2-3-13-14(8-12)18-7-6-17-13;/h2-3,8,11,15H,4-7,9-10H2,1H3;1H/t11-;/m1./s1. The van der Waals surface area contributed by atoms with Gasteiger partial charge in [0.15, 0.2) is 11.5 Å². The zero-order valence-electron chi connectivity index (χ0n) is 11.2. The number of benzene rings is 1. The van der Waals surface area contributed by atoms with Crippen molar-refractivity contribution in [2.45, 2.75) is 19.5 Å². The van der Waals surface area contributed by atoms with Gasteiger partial charge in [-0.15, -0.1) is 12.4 Å². The third-order valence-electron chi connectivity index (χ3n) is 3.47. The molecule has 106 valence electrons. The number of ether oxygens (including phenoxy) is 2. The van der Waals surface area contributed by atoms with Crippen molar-refractivity contribution in [2.75, 3.05) is 32.8 Å². The molecule has 1 fully saturated rings. The summed E-state index contributed by atoms with van der Waals surface area (Å²) in [5.74, 6) is 1.76. The molecular formula is C14H21ClN2O2. The number of rotatable bonds is 2. The van der Waals surface area contributed by atoms with Crippen LogP contribution in [-0.2, 0) is 6.54 Å². The van der Waals surface area contributed by atoms with Gasteiger partial charge in [-0.1, -0.05) is 6.07 Å². The first-order chi connectivity index (χ1) is 8.81. The molecule has 1 saturated heterocycles. The van der Waals surface area contributed by atoms with Crippen LogP contribution in [0.1, 0.15) is 12.5 Å². The van der Waals surface area contributed by atoms with Gasteiger partial charge in [0.05, 0.1) is 0 Å². The highest BCUT2D eigenvalue weighted by atomic mass is 35.5. The van der Waals surface area contributed by atoms with E-state index in [1.165, 1.54) is 5.56 Å². The number of hydrogen-bond acceptors (Lipinski definition) is 4. The first-order valence-corrected chi connectivity index (χ1v) is 6.65. The minimum Gasteiger partial charge on any atom is -0.486 e. The molecule has 5 heteroatoms. The fraction of sp³-hybridized carbons (Fsp3) is 0.571. The molecule has 0 spiro atoms. The summed E-state index contributed by atoms with van der Waals surface area (Å²) in [5.41, 5.74) is 1.30. The van der Waals surface area contributed by atoms with E-state index in [1.54, 1.807) is 0 Å². The summed E-state index contributed by atoms with van der Waals surface area (Å²) in [7, 11) is 0. The van der Waals surface area contributed by atoms with E-state index >= 15 is 0 Å². The summed E-state index contributed by atoms with van der Waals surface area (Å²) in [6, 6.07) is 6.85. The Bertz CT molecular complexity index is 428. The molecule has 0 aromatic heterocycles. The lowest BCUT2D eigenvalue weighted by Crippen LogP contribution is -2.48. The summed E-state index contributed by atoms with van der Waals surface area (Å²) in [6.45, 7) is 7.82. The van der Waals surface area contributed by atoms with Crippen LogP contribution in [0.2, 0.25) is 0 Å². The molecule has 1 aromatic carbocycles. The smallest absolute Gasteiger partial charge is 0.161 e. The first kappa shape index (κ1) is 14.4. The third-order valence-corrected chi connectivity index (χ3v) is 3.47. The first-order valence-electron chi connectivity index (χ1n) is 6.65. The van der Waals surface area contributed by atoms with Gasteiger partial charge in [0.1, 0.15) is 13.2 Å². The maximum absolute atomic E-state index is 5.62. The summed E-state index contributed by atoms with van der Waals surface area (Å²) in [5, 5.41) is 3.46. The molecule has 19 heavy (non-hydrogen) atoms. The Labute approximate surface area is 120 Å². The van der Waals surface area contributed by atoms with Gasteiger partial charge in [-0.25, -0.2) is 0 Å². The Morgan fingerprint density at radius 3 is 2.84 bits per heavy atom. The predicted molar refractivity (Wildman–Crippen MR) is 77.4 cm³/mol. The lowest BCUT2D eigenvalue weighted by molar-refractivity contribution is 0.170. The molecule has 1 N–H and O–H groups in total. The summed E-state index contributed by atoms with van der Waals surface area (Å²) < 4.78 is 11.2. The van der Waals surface area contributed by atoms with Crippen LogP contribution in [0.25, 0.3) is 0 Å². The minimum absolute atomic E-state index is 0. The van der Waals surface area contributed by atoms with E-state index < -0.39 is 0 Å². The lowest BCUT2D eigenvalue weighted by atomic mass is 10.1. The van der Waals surface area contributed by atoms with Crippen molar-refractivity contribution in [2.24, 2.45) is 0 Å². The molecule has 1 aromatic rings. The highest BCUT2D eigenvalue weighted by molar-refractivity contribution is 5.85. The van der Waals surface area contributed by atoms with E-state index in [0.29, 0.717) is 19.3 Å². The molecule has 0 bridgehead atoms. The fourth-order valence-corrected chi connectivity index (χ4v) is 2.60. The molecule has 2 aliphatic rings. The van der Waals surface area contributed by atoms with Crippen LogP contribution in [0, 0.1) is 0 Å². The van der Waals surface area contributed by atoms with Crippen LogP contribution in [0.4, 0.5) is 0 Å². The van der Waals surface area contributed by atoms with Crippen LogP contribution in [0.5, 0.6) is 11.5 Å². The second-order valence-corrected chi connectivity index (χ2v) is 5.07. The second-order valence-electron chi connectivity index (χ2n) is 5.07. The Hall–Kier alpha value is -0.970. The van der Waals surface area contributed by atoms with E-state index in [9.17, 15) is 0 Å². The maximum atomic E-state index is 5.62. The van der Waals surface area contributed by atoms with Crippen molar-refractivity contribution in [3.8, 4) is 11.5 Å². The van der Waals surface area contributed by atoms with Crippen molar-refractivity contribution in [3.63, 3.8) is 0 Å². The van der Waals surface area contributed by atoms with Crippen LogP contribution >= 0.6 is 12.4 Å². The number of fused-ring (bicyclic) bond motifs is 1. The van der Waals surface area contributed by atoms with Gasteiger partial charge in [-0.05, 0) is 24.6 Å². The normalized spacial score (nSPS) is 22.7. The zero-order chi connectivity index (χ0) is 12.4. The summed E-state index contributed by atoms with van der Waals surface area (Å²) in [4.78, 5) is 2.48. The van der Waals surface area contributed by atoms with E-state index in [2.05, 4.69) is 29.3 Å². The second kappa shape index (κ2) is 6.46. The largest absolute Gasteiger partial charge is 0.486 e. The van der Waals surface area contributed by atoms with E-state index in [1.807, 2.05) is 6.07 Å². The molecule has 4 nitrogen and oxygen atoms in total. The molecule has 2 heterocycles. The van der Waals surface area contributed by atoms with Gasteiger partial charge in [0, 0.05) is 32.2 Å². The average molecular weight is 285 g/mol. The van der Waals surface area contributed by atoms with Gasteiger partial charge in [-0.2, -0.15) is 0 Å². The molecule has 0 unspecified atom stereocenters. The predicted octanol–water partition coefficient (Wildman–Crippen LogP) is 1.67. The molecule has 3 rings (SSSR count). The molecule has 1 atom stereocenters. The SMILES string of the molecule is C[C@@H]1CN(Cc2ccc3c(c2)OCCO3)CCN1.Cl. The molecule has 0 aliphatic carbocycles. The van der Waals surface area contributed by atoms with Gasteiger partial charge < -0.3 is 14.8 Å². The number of nitrogens with one attached hydrogen (secondary N) is 1. The van der Waals surface area contributed by atoms with Crippen LogP contribution in [0.15, 0.2) is 18.2 Å². The number of piperazine rings is 1. The zero-order valence-corrected chi connectivity index (χ0v) is 12.0. The lowest BCUT2D eigenvalue weighted by Gasteiger charge is -2.32. The Morgan fingerprint density at radius 2 is 2.05 bits per heavy atom. The third kappa shape index (κ3) is 3.53. The number of hydrogen-bond donors (Lipinski definition) is 1. The summed E-state index contributed by atoms with van der Waals surface area (Å²) in [6.07, 6.45) is 0.